The van der Waals surface area contributed by atoms with E-state index in [2.05, 4.69) is 34.6 Å². The molecule has 0 atom stereocenters. The maximum Gasteiger partial charge on any atom is 0.142 e. The van der Waals surface area contributed by atoms with Gasteiger partial charge in [-0.05, 0) is 35.7 Å². The Hall–Kier alpha value is -2.20. The van der Waals surface area contributed by atoms with Crippen LogP contribution in [0.25, 0.3) is 5.70 Å². The van der Waals surface area contributed by atoms with E-state index in [0.717, 1.165) is 22.8 Å². The summed E-state index contributed by atoms with van der Waals surface area (Å²) in [5.74, 6) is 0.852. The first-order valence-corrected chi connectivity index (χ1v) is 7.28. The molecule has 0 saturated heterocycles. The van der Waals surface area contributed by atoms with E-state index in [-0.39, 0.29) is 0 Å². The van der Waals surface area contributed by atoms with Crippen LogP contribution >= 0.6 is 11.3 Å². The van der Waals surface area contributed by atoms with Crippen LogP contribution < -0.4 is 15.4 Å². The molecule has 0 radical (unpaired) electrons. The quantitative estimate of drug-likeness (QED) is 0.938. The van der Waals surface area contributed by atoms with Gasteiger partial charge < -0.3 is 15.4 Å². The molecule has 1 aromatic carbocycles. The predicted octanol–water partition coefficient (Wildman–Crippen LogP) is 3.46. The highest BCUT2D eigenvalue weighted by Crippen LogP contribution is 2.36. The number of benzene rings is 1. The number of methoxy groups -OCH3 is 1. The monoisotopic (exact) mass is 284 g/mol. The number of anilines is 1. The number of hydrogen-bond acceptors (Lipinski definition) is 4. The van der Waals surface area contributed by atoms with Crippen LogP contribution in [0.15, 0.2) is 59.6 Å². The van der Waals surface area contributed by atoms with Crippen molar-refractivity contribution in [3.63, 3.8) is 0 Å². The average molecular weight is 284 g/mol. The maximum atomic E-state index is 6.01. The van der Waals surface area contributed by atoms with Gasteiger partial charge in [0.15, 0.2) is 0 Å². The van der Waals surface area contributed by atoms with Gasteiger partial charge >= 0.3 is 0 Å². The molecule has 0 spiro atoms. The van der Waals surface area contributed by atoms with Crippen LogP contribution in [0.4, 0.5) is 5.69 Å². The number of rotatable bonds is 3. The van der Waals surface area contributed by atoms with Gasteiger partial charge in [-0.3, -0.25) is 0 Å². The second-order valence-electron chi connectivity index (χ2n) is 4.53. The van der Waals surface area contributed by atoms with Crippen molar-refractivity contribution in [3.8, 4) is 5.75 Å². The summed E-state index contributed by atoms with van der Waals surface area (Å²) < 4.78 is 5.47. The van der Waals surface area contributed by atoms with Gasteiger partial charge in [0, 0.05) is 5.70 Å². The summed E-state index contributed by atoms with van der Waals surface area (Å²) in [6.07, 6.45) is 4.04. The van der Waals surface area contributed by atoms with E-state index in [1.54, 1.807) is 18.4 Å². The van der Waals surface area contributed by atoms with Gasteiger partial charge in [-0.15, -0.1) is 11.3 Å². The van der Waals surface area contributed by atoms with Gasteiger partial charge in [0.2, 0.25) is 0 Å². The second-order valence-corrected chi connectivity index (χ2v) is 5.48. The van der Waals surface area contributed by atoms with Crippen LogP contribution in [-0.2, 0) is 0 Å². The summed E-state index contributed by atoms with van der Waals surface area (Å²) in [6.45, 7) is 0.671. The summed E-state index contributed by atoms with van der Waals surface area (Å²) in [5, 5.41) is 2.08. The first kappa shape index (κ1) is 12.8. The molecule has 3 rings (SSSR count). The number of allylic oxidation sites excluding steroid dienone is 2. The lowest BCUT2D eigenvalue weighted by atomic mass is 10.1. The normalized spacial score (nSPS) is 14.8. The molecular weight excluding hydrogens is 268 g/mol. The average Bonchev–Trinajstić information content (AvgIpc) is 3.01. The van der Waals surface area contributed by atoms with Gasteiger partial charge in [0.25, 0.3) is 0 Å². The first-order valence-electron chi connectivity index (χ1n) is 6.40. The van der Waals surface area contributed by atoms with Crippen molar-refractivity contribution in [2.75, 3.05) is 18.6 Å². The Morgan fingerprint density at radius 2 is 2.00 bits per heavy atom. The number of hydrogen-bond donors (Lipinski definition) is 1. The number of nitrogens with two attached hydrogens (primary N) is 1. The molecular formula is C16H16N2OS. The third kappa shape index (κ3) is 2.30. The fourth-order valence-corrected chi connectivity index (χ4v) is 3.06. The third-order valence-electron chi connectivity index (χ3n) is 3.24. The van der Waals surface area contributed by atoms with E-state index in [1.165, 1.54) is 4.88 Å². The fraction of sp³-hybridized carbons (Fsp3) is 0.125. The fourth-order valence-electron chi connectivity index (χ4n) is 2.30. The number of ether oxygens (including phenoxy) is 1. The van der Waals surface area contributed by atoms with Crippen LogP contribution in [0.5, 0.6) is 5.75 Å². The van der Waals surface area contributed by atoms with Crippen LogP contribution in [0.2, 0.25) is 0 Å². The van der Waals surface area contributed by atoms with Gasteiger partial charge in [0.05, 0.1) is 29.9 Å². The minimum atomic E-state index is 0.671. The highest BCUT2D eigenvalue weighted by atomic mass is 32.1. The van der Waals surface area contributed by atoms with E-state index in [4.69, 9.17) is 10.5 Å². The first-order chi connectivity index (χ1) is 9.79. The molecule has 20 heavy (non-hydrogen) atoms. The van der Waals surface area contributed by atoms with Crippen molar-refractivity contribution in [2.24, 2.45) is 5.73 Å². The lowest BCUT2D eigenvalue weighted by Crippen LogP contribution is -2.29. The zero-order valence-electron chi connectivity index (χ0n) is 11.2. The minimum absolute atomic E-state index is 0.671. The van der Waals surface area contributed by atoms with Crippen LogP contribution in [0, 0.1) is 0 Å². The van der Waals surface area contributed by atoms with Crippen molar-refractivity contribution in [1.29, 1.82) is 0 Å². The van der Waals surface area contributed by atoms with Crippen molar-refractivity contribution < 1.29 is 4.74 Å². The van der Waals surface area contributed by atoms with Gasteiger partial charge in [-0.2, -0.15) is 0 Å². The summed E-state index contributed by atoms with van der Waals surface area (Å²) >= 11 is 1.72. The zero-order valence-corrected chi connectivity index (χ0v) is 12.1. The SMILES string of the molecule is COc1ccccc1N1CC(N)=CC=C1c1cccs1. The number of para-hydroxylation sites is 2. The van der Waals surface area contributed by atoms with E-state index < -0.39 is 0 Å². The largest absolute Gasteiger partial charge is 0.495 e. The predicted molar refractivity (Wildman–Crippen MR) is 84.9 cm³/mol. The van der Waals surface area contributed by atoms with E-state index >= 15 is 0 Å². The summed E-state index contributed by atoms with van der Waals surface area (Å²) in [7, 11) is 1.69. The molecule has 0 fully saturated rings. The molecule has 1 aliphatic rings. The van der Waals surface area contributed by atoms with Crippen LogP contribution in [-0.4, -0.2) is 13.7 Å². The highest BCUT2D eigenvalue weighted by Gasteiger charge is 2.20. The molecule has 102 valence electrons. The molecule has 2 N–H and O–H groups in total. The molecule has 0 amide bonds. The second kappa shape index (κ2) is 5.43. The van der Waals surface area contributed by atoms with E-state index in [9.17, 15) is 0 Å². The molecule has 2 heterocycles. The molecule has 2 aromatic rings. The number of thiophene rings is 1. The zero-order chi connectivity index (χ0) is 13.9. The van der Waals surface area contributed by atoms with Crippen molar-refractivity contribution >= 4 is 22.7 Å². The Kier molecular flexibility index (Phi) is 3.48. The Morgan fingerprint density at radius 1 is 1.15 bits per heavy atom. The van der Waals surface area contributed by atoms with Gasteiger partial charge in [0.1, 0.15) is 5.75 Å². The smallest absolute Gasteiger partial charge is 0.142 e. The Balaban J connectivity index is 2.07. The summed E-state index contributed by atoms with van der Waals surface area (Å²) in [6, 6.07) is 12.2. The van der Waals surface area contributed by atoms with Gasteiger partial charge in [-0.1, -0.05) is 18.2 Å². The van der Waals surface area contributed by atoms with E-state index in [1.807, 2.05) is 24.3 Å². The van der Waals surface area contributed by atoms with E-state index in [0.29, 0.717) is 6.54 Å². The minimum Gasteiger partial charge on any atom is -0.495 e. The third-order valence-corrected chi connectivity index (χ3v) is 4.13. The topological polar surface area (TPSA) is 38.5 Å². The van der Waals surface area contributed by atoms with Crippen molar-refractivity contribution in [1.82, 2.24) is 0 Å². The maximum absolute atomic E-state index is 6.01. The summed E-state index contributed by atoms with van der Waals surface area (Å²) in [4.78, 5) is 3.42. The van der Waals surface area contributed by atoms with Gasteiger partial charge in [-0.25, -0.2) is 0 Å². The summed E-state index contributed by atoms with van der Waals surface area (Å²) in [5.41, 5.74) is 9.04. The molecule has 1 aromatic heterocycles. The Labute approximate surface area is 122 Å². The lowest BCUT2D eigenvalue weighted by molar-refractivity contribution is 0.415. The van der Waals surface area contributed by atoms with Crippen LogP contribution in [0.3, 0.4) is 0 Å². The molecule has 0 saturated carbocycles. The van der Waals surface area contributed by atoms with Crippen molar-refractivity contribution in [2.45, 2.75) is 0 Å². The molecule has 1 aliphatic heterocycles. The molecule has 3 nitrogen and oxygen atoms in total. The lowest BCUT2D eigenvalue weighted by Gasteiger charge is -2.30. The molecule has 0 unspecified atom stereocenters. The Morgan fingerprint density at radius 3 is 2.75 bits per heavy atom. The Bertz CT molecular complexity index is 659. The van der Waals surface area contributed by atoms with Crippen LogP contribution in [0.1, 0.15) is 4.88 Å². The van der Waals surface area contributed by atoms with Crippen molar-refractivity contribution in [3.05, 3.63) is 64.5 Å². The molecule has 0 aliphatic carbocycles. The molecule has 4 heteroatoms. The molecule has 0 bridgehead atoms. The number of nitrogens with zero attached hydrogens (tertiary/aromatic N) is 1. The standard InChI is InChI=1S/C16H16N2OS/c1-19-15-6-3-2-5-13(15)18-11-12(17)8-9-14(18)16-7-4-10-20-16/h2-10H,11,17H2,1H3. The highest BCUT2D eigenvalue weighted by molar-refractivity contribution is 7.11.